The van der Waals surface area contributed by atoms with Crippen LogP contribution >= 0.6 is 23.1 Å². The molecule has 2 aromatic rings. The van der Waals surface area contributed by atoms with Crippen molar-refractivity contribution in [3.8, 4) is 11.6 Å². The van der Waals surface area contributed by atoms with Crippen molar-refractivity contribution in [2.75, 3.05) is 0 Å². The maximum atomic E-state index is 10.3. The summed E-state index contributed by atoms with van der Waals surface area (Å²) >= 11 is 6.54. The average Bonchev–Trinajstić information content (AvgIpc) is 2.70. The second-order valence-corrected chi connectivity index (χ2v) is 3.60. The van der Waals surface area contributed by atoms with E-state index in [0.29, 0.717) is 0 Å². The van der Waals surface area contributed by atoms with Gasteiger partial charge in [0.1, 0.15) is 4.92 Å². The quantitative estimate of drug-likeness (QED) is 0.585. The fourth-order valence-corrected chi connectivity index (χ4v) is 1.45. The molecule has 0 radical (unpaired) electrons. The van der Waals surface area contributed by atoms with Crippen molar-refractivity contribution in [2.45, 2.75) is 0 Å². The minimum absolute atomic E-state index is 0.236. The molecule has 6 nitrogen and oxygen atoms in total. The summed E-state index contributed by atoms with van der Waals surface area (Å²) in [6, 6.07) is 2.67. The molecule has 0 N–H and O–H groups in total. The standard InChI is InChI=1S/C6H2ClN3O3S/c7-6-8-5(9-14-6)3-1-2-4(13-3)10(11)12/h1-2H. The second kappa shape index (κ2) is 3.35. The third-order valence-corrected chi connectivity index (χ3v) is 2.19. The molecule has 0 fully saturated rings. The third-order valence-electron chi connectivity index (χ3n) is 1.39. The number of hydrogen-bond acceptors (Lipinski definition) is 6. The number of rotatable bonds is 2. The van der Waals surface area contributed by atoms with Crippen molar-refractivity contribution >= 4 is 29.0 Å². The molecule has 0 amide bonds. The maximum Gasteiger partial charge on any atom is 0.433 e. The summed E-state index contributed by atoms with van der Waals surface area (Å²) < 4.78 is 8.97. The number of nitro groups is 1. The first-order valence-electron chi connectivity index (χ1n) is 3.40. The summed E-state index contributed by atoms with van der Waals surface area (Å²) in [6.07, 6.45) is 0. The van der Waals surface area contributed by atoms with Crippen molar-refractivity contribution in [1.82, 2.24) is 9.36 Å². The molecule has 0 bridgehead atoms. The van der Waals surface area contributed by atoms with Gasteiger partial charge in [-0.25, -0.2) is 4.98 Å². The lowest BCUT2D eigenvalue weighted by molar-refractivity contribution is -0.401. The molecular formula is C6H2ClN3O3S. The van der Waals surface area contributed by atoms with Crippen LogP contribution in [0.1, 0.15) is 0 Å². The highest BCUT2D eigenvalue weighted by Crippen LogP contribution is 2.25. The van der Waals surface area contributed by atoms with Crippen molar-refractivity contribution in [2.24, 2.45) is 0 Å². The zero-order chi connectivity index (χ0) is 10.1. The Morgan fingerprint density at radius 1 is 1.57 bits per heavy atom. The molecule has 2 heterocycles. The summed E-state index contributed by atoms with van der Waals surface area (Å²) in [7, 11) is 0. The van der Waals surface area contributed by atoms with Gasteiger partial charge in [0.05, 0.1) is 6.07 Å². The van der Waals surface area contributed by atoms with Crippen molar-refractivity contribution < 1.29 is 9.34 Å². The summed E-state index contributed by atoms with van der Waals surface area (Å²) in [5.41, 5.74) is 0. The maximum absolute atomic E-state index is 10.3. The highest BCUT2D eigenvalue weighted by atomic mass is 35.5. The molecule has 2 aromatic heterocycles. The summed E-state index contributed by atoms with van der Waals surface area (Å²) in [5.74, 6) is 0.152. The minimum Gasteiger partial charge on any atom is -0.397 e. The van der Waals surface area contributed by atoms with Crippen molar-refractivity contribution in [3.63, 3.8) is 0 Å². The Morgan fingerprint density at radius 3 is 2.86 bits per heavy atom. The molecule has 0 aliphatic heterocycles. The van der Waals surface area contributed by atoms with Crippen molar-refractivity contribution in [3.05, 3.63) is 26.7 Å². The van der Waals surface area contributed by atoms with E-state index >= 15 is 0 Å². The van der Waals surface area contributed by atoms with Gasteiger partial charge in [-0.2, -0.15) is 4.37 Å². The van der Waals surface area contributed by atoms with Gasteiger partial charge in [-0.15, -0.1) is 0 Å². The SMILES string of the molecule is O=[N+]([O-])c1ccc(-c2nsc(Cl)n2)o1. The van der Waals surface area contributed by atoms with Crippen LogP contribution in [0.2, 0.25) is 4.47 Å². The van der Waals surface area contributed by atoms with E-state index in [-0.39, 0.29) is 21.9 Å². The van der Waals surface area contributed by atoms with Crippen LogP contribution in [0.4, 0.5) is 5.88 Å². The molecule has 0 spiro atoms. The van der Waals surface area contributed by atoms with Crippen LogP contribution in [0, 0.1) is 10.1 Å². The largest absolute Gasteiger partial charge is 0.433 e. The Labute approximate surface area is 86.5 Å². The molecule has 0 aliphatic rings. The van der Waals surface area contributed by atoms with Crippen molar-refractivity contribution in [1.29, 1.82) is 0 Å². The number of nitrogens with zero attached hydrogens (tertiary/aromatic N) is 3. The molecule has 72 valence electrons. The number of furan rings is 1. The monoisotopic (exact) mass is 231 g/mol. The first-order chi connectivity index (χ1) is 6.66. The molecule has 0 unspecified atom stereocenters. The Hall–Kier alpha value is -1.47. The highest BCUT2D eigenvalue weighted by molar-refractivity contribution is 7.10. The zero-order valence-corrected chi connectivity index (χ0v) is 8.08. The average molecular weight is 232 g/mol. The van der Waals surface area contributed by atoms with Crippen LogP contribution in [-0.4, -0.2) is 14.3 Å². The summed E-state index contributed by atoms with van der Waals surface area (Å²) in [4.78, 5) is 13.5. The van der Waals surface area contributed by atoms with Crippen LogP contribution in [0.5, 0.6) is 0 Å². The van der Waals surface area contributed by atoms with Gasteiger partial charge in [-0.1, -0.05) is 0 Å². The van der Waals surface area contributed by atoms with E-state index in [1.54, 1.807) is 0 Å². The van der Waals surface area contributed by atoms with Crippen LogP contribution in [0.15, 0.2) is 16.5 Å². The van der Waals surface area contributed by atoms with E-state index in [9.17, 15) is 10.1 Å². The van der Waals surface area contributed by atoms with Gasteiger partial charge in [-0.3, -0.25) is 10.1 Å². The predicted octanol–water partition coefficient (Wildman–Crippen LogP) is 2.36. The lowest BCUT2D eigenvalue weighted by Gasteiger charge is -1.84. The van der Waals surface area contributed by atoms with Crippen LogP contribution in [-0.2, 0) is 0 Å². The number of hydrogen-bond donors (Lipinski definition) is 0. The predicted molar refractivity (Wildman–Crippen MR) is 49.3 cm³/mol. The van der Waals surface area contributed by atoms with Crippen LogP contribution < -0.4 is 0 Å². The number of aromatic nitrogens is 2. The lowest BCUT2D eigenvalue weighted by atomic mass is 10.4. The van der Waals surface area contributed by atoms with E-state index in [1.807, 2.05) is 0 Å². The van der Waals surface area contributed by atoms with Gasteiger partial charge in [0.2, 0.25) is 10.3 Å². The first-order valence-corrected chi connectivity index (χ1v) is 4.56. The topological polar surface area (TPSA) is 82.1 Å². The lowest BCUT2D eigenvalue weighted by Crippen LogP contribution is -1.82. The third kappa shape index (κ3) is 1.59. The van der Waals surface area contributed by atoms with Gasteiger partial charge in [-0.05, 0) is 29.2 Å². The Bertz CT molecular complexity index is 480. The van der Waals surface area contributed by atoms with Gasteiger partial charge >= 0.3 is 5.88 Å². The molecule has 8 heteroatoms. The summed E-state index contributed by atoms with van der Waals surface area (Å²) in [6.45, 7) is 0. The fraction of sp³-hybridized carbons (Fsp3) is 0. The van der Waals surface area contributed by atoms with E-state index < -0.39 is 4.92 Å². The molecule has 2 rings (SSSR count). The first kappa shape index (κ1) is 9.10. The van der Waals surface area contributed by atoms with Crippen LogP contribution in [0.3, 0.4) is 0 Å². The minimum atomic E-state index is -0.628. The Kier molecular flexibility index (Phi) is 2.18. The molecule has 0 atom stereocenters. The van der Waals surface area contributed by atoms with E-state index in [0.717, 1.165) is 11.5 Å². The zero-order valence-electron chi connectivity index (χ0n) is 6.51. The van der Waals surface area contributed by atoms with E-state index in [1.165, 1.54) is 12.1 Å². The fourth-order valence-electron chi connectivity index (χ4n) is 0.851. The molecule has 0 saturated carbocycles. The second-order valence-electron chi connectivity index (χ2n) is 2.27. The van der Waals surface area contributed by atoms with E-state index in [4.69, 9.17) is 16.0 Å². The molecule has 14 heavy (non-hydrogen) atoms. The van der Waals surface area contributed by atoms with Gasteiger partial charge in [0.15, 0.2) is 5.76 Å². The van der Waals surface area contributed by atoms with Gasteiger partial charge < -0.3 is 4.42 Å². The van der Waals surface area contributed by atoms with Gasteiger partial charge in [0, 0.05) is 0 Å². The molecule has 0 saturated heterocycles. The molecule has 0 aromatic carbocycles. The smallest absolute Gasteiger partial charge is 0.397 e. The Morgan fingerprint density at radius 2 is 2.36 bits per heavy atom. The normalized spacial score (nSPS) is 10.4. The van der Waals surface area contributed by atoms with E-state index in [2.05, 4.69) is 9.36 Å². The Balaban J connectivity index is 2.38. The van der Waals surface area contributed by atoms with Gasteiger partial charge in [0.25, 0.3) is 0 Å². The van der Waals surface area contributed by atoms with Crippen LogP contribution in [0.25, 0.3) is 11.6 Å². The molecule has 0 aliphatic carbocycles. The summed E-state index contributed by atoms with van der Waals surface area (Å²) in [5, 5.41) is 10.3. The molecular weight excluding hydrogens is 230 g/mol. The highest BCUT2D eigenvalue weighted by Gasteiger charge is 2.15. The number of halogens is 1.